The number of hydrogen-bond donors (Lipinski definition) is 1. The van der Waals surface area contributed by atoms with E-state index in [0.29, 0.717) is 24.5 Å². The van der Waals surface area contributed by atoms with Crippen molar-refractivity contribution in [3.8, 4) is 12.3 Å². The number of rotatable bonds is 9. The van der Waals surface area contributed by atoms with Gasteiger partial charge in [0.25, 0.3) is 0 Å². The highest BCUT2D eigenvalue weighted by Crippen LogP contribution is 2.31. The van der Waals surface area contributed by atoms with Gasteiger partial charge in [0.15, 0.2) is 0 Å². The molecule has 25 heavy (non-hydrogen) atoms. The van der Waals surface area contributed by atoms with Crippen molar-refractivity contribution >= 4 is 11.8 Å². The lowest BCUT2D eigenvalue weighted by Gasteiger charge is -2.31. The third kappa shape index (κ3) is 5.67. The van der Waals surface area contributed by atoms with E-state index in [9.17, 15) is 9.59 Å². The molecule has 1 aliphatic heterocycles. The molecule has 1 heterocycles. The highest BCUT2D eigenvalue weighted by molar-refractivity contribution is 5.89. The number of terminal acetylenes is 1. The molecule has 2 amide bonds. The maximum Gasteiger partial charge on any atom is 0.250 e. The van der Waals surface area contributed by atoms with E-state index in [1.165, 1.54) is 0 Å². The minimum atomic E-state index is -0.578. The van der Waals surface area contributed by atoms with Crippen LogP contribution in [0.4, 0.5) is 0 Å². The first-order valence-corrected chi connectivity index (χ1v) is 8.86. The van der Waals surface area contributed by atoms with Crippen LogP contribution in [0, 0.1) is 18.3 Å². The second-order valence-electron chi connectivity index (χ2n) is 6.71. The molecule has 0 aromatic heterocycles. The van der Waals surface area contributed by atoms with Crippen molar-refractivity contribution in [1.82, 2.24) is 10.2 Å². The summed E-state index contributed by atoms with van der Waals surface area (Å²) in [6, 6.07) is -0.752. The largest absolute Gasteiger partial charge is 0.499 e. The minimum absolute atomic E-state index is 0.144. The van der Waals surface area contributed by atoms with Crippen LogP contribution in [0.25, 0.3) is 0 Å². The van der Waals surface area contributed by atoms with Gasteiger partial charge in [-0.25, -0.2) is 0 Å². The van der Waals surface area contributed by atoms with Gasteiger partial charge in [-0.1, -0.05) is 33.8 Å². The standard InChI is InChI=1S/C20H30N2O3/c1-7-9-11-19(23)21-16(10-8-2)20(24)22-15(5)13-18(25-6)17(22)12-14(3)4/h1,13-14,16-17H,5,8-12H2,2-4,6H3,(H,21,23)/t16-,17+/m0/s1. The molecular weight excluding hydrogens is 316 g/mol. The molecule has 1 aliphatic rings. The van der Waals surface area contributed by atoms with Crippen LogP contribution in [0.15, 0.2) is 24.1 Å². The average molecular weight is 346 g/mol. The number of nitrogens with zero attached hydrogens (tertiary/aromatic N) is 1. The zero-order valence-electron chi connectivity index (χ0n) is 15.8. The number of amides is 2. The molecule has 0 saturated carbocycles. The number of carbonyl (C=O) groups is 2. The highest BCUT2D eigenvalue weighted by atomic mass is 16.5. The monoisotopic (exact) mass is 346 g/mol. The SMILES string of the molecule is C#CCCC(=O)N[C@@H](CCC)C(=O)N1C(=C)C=C(OC)[C@H]1CC(C)C. The first-order chi connectivity index (χ1) is 11.8. The quantitative estimate of drug-likeness (QED) is 0.653. The Bertz CT molecular complexity index is 572. The molecule has 0 fully saturated rings. The molecule has 0 aromatic rings. The number of methoxy groups -OCH3 is 1. The summed E-state index contributed by atoms with van der Waals surface area (Å²) in [5, 5.41) is 2.83. The van der Waals surface area contributed by atoms with E-state index in [1.54, 1.807) is 18.1 Å². The predicted molar refractivity (Wildman–Crippen MR) is 99.2 cm³/mol. The van der Waals surface area contributed by atoms with Crippen LogP contribution in [0.5, 0.6) is 0 Å². The Hall–Kier alpha value is -2.22. The van der Waals surface area contributed by atoms with Crippen LogP contribution in [-0.4, -0.2) is 35.9 Å². The van der Waals surface area contributed by atoms with Gasteiger partial charge in [0.05, 0.1) is 13.2 Å². The molecule has 5 heteroatoms. The van der Waals surface area contributed by atoms with Gasteiger partial charge in [-0.15, -0.1) is 12.3 Å². The average Bonchev–Trinajstić information content (AvgIpc) is 2.86. The maximum absolute atomic E-state index is 13.1. The van der Waals surface area contributed by atoms with Gasteiger partial charge in [0.1, 0.15) is 11.8 Å². The van der Waals surface area contributed by atoms with E-state index < -0.39 is 6.04 Å². The second-order valence-corrected chi connectivity index (χ2v) is 6.71. The van der Waals surface area contributed by atoms with E-state index in [1.807, 2.05) is 6.92 Å². The number of allylic oxidation sites excluding steroid dienone is 1. The number of hydrogen-bond acceptors (Lipinski definition) is 3. The van der Waals surface area contributed by atoms with Gasteiger partial charge in [-0.2, -0.15) is 0 Å². The Morgan fingerprint density at radius 1 is 1.48 bits per heavy atom. The number of nitrogens with one attached hydrogen (secondary N) is 1. The fraction of sp³-hybridized carbons (Fsp3) is 0.600. The summed E-state index contributed by atoms with van der Waals surface area (Å²) in [4.78, 5) is 26.8. The zero-order valence-corrected chi connectivity index (χ0v) is 15.8. The van der Waals surface area contributed by atoms with E-state index in [-0.39, 0.29) is 24.3 Å². The van der Waals surface area contributed by atoms with Gasteiger partial charge < -0.3 is 15.0 Å². The van der Waals surface area contributed by atoms with E-state index in [2.05, 4.69) is 31.7 Å². The number of ether oxygens (including phenoxy) is 1. The van der Waals surface area contributed by atoms with Crippen LogP contribution >= 0.6 is 0 Å². The summed E-state index contributed by atoms with van der Waals surface area (Å²) >= 11 is 0. The van der Waals surface area contributed by atoms with Crippen molar-refractivity contribution in [2.75, 3.05) is 7.11 Å². The van der Waals surface area contributed by atoms with E-state index in [0.717, 1.165) is 18.6 Å². The summed E-state index contributed by atoms with van der Waals surface area (Å²) < 4.78 is 5.45. The zero-order chi connectivity index (χ0) is 19.0. The Kier molecular flexibility index (Phi) is 8.27. The molecule has 138 valence electrons. The van der Waals surface area contributed by atoms with Crippen molar-refractivity contribution in [2.24, 2.45) is 5.92 Å². The smallest absolute Gasteiger partial charge is 0.250 e. The van der Waals surface area contributed by atoms with Crippen LogP contribution in [-0.2, 0) is 14.3 Å². The Morgan fingerprint density at radius 3 is 2.68 bits per heavy atom. The normalized spacial score (nSPS) is 17.9. The van der Waals surface area contributed by atoms with Crippen molar-refractivity contribution in [1.29, 1.82) is 0 Å². The van der Waals surface area contributed by atoms with E-state index in [4.69, 9.17) is 11.2 Å². The molecule has 1 rings (SSSR count). The summed E-state index contributed by atoms with van der Waals surface area (Å²) in [5.41, 5.74) is 0.603. The fourth-order valence-electron chi connectivity index (χ4n) is 2.98. The van der Waals surface area contributed by atoms with Gasteiger partial charge in [0.2, 0.25) is 11.8 Å². The van der Waals surface area contributed by atoms with Crippen LogP contribution in [0.2, 0.25) is 0 Å². The topological polar surface area (TPSA) is 58.6 Å². The van der Waals surface area contributed by atoms with Gasteiger partial charge in [0, 0.05) is 24.6 Å². The van der Waals surface area contributed by atoms with Crippen molar-refractivity contribution in [2.45, 2.75) is 65.0 Å². The Labute approximate surface area is 151 Å². The van der Waals surface area contributed by atoms with Crippen molar-refractivity contribution < 1.29 is 14.3 Å². The maximum atomic E-state index is 13.1. The summed E-state index contributed by atoms with van der Waals surface area (Å²) in [5.74, 6) is 3.22. The Morgan fingerprint density at radius 2 is 2.16 bits per heavy atom. The second kappa shape index (κ2) is 9.93. The summed E-state index contributed by atoms with van der Waals surface area (Å²) in [6.07, 6.45) is 9.71. The molecule has 0 aliphatic carbocycles. The third-order valence-corrected chi connectivity index (χ3v) is 4.13. The first kappa shape index (κ1) is 20.8. The molecule has 0 radical (unpaired) electrons. The van der Waals surface area contributed by atoms with Crippen molar-refractivity contribution in [3.05, 3.63) is 24.1 Å². The lowest BCUT2D eigenvalue weighted by Crippen LogP contribution is -2.50. The highest BCUT2D eigenvalue weighted by Gasteiger charge is 2.38. The van der Waals surface area contributed by atoms with Gasteiger partial charge in [-0.05, 0) is 18.8 Å². The predicted octanol–water partition coefficient (Wildman–Crippen LogP) is 2.99. The summed E-state index contributed by atoms with van der Waals surface area (Å²) in [7, 11) is 1.60. The van der Waals surface area contributed by atoms with Crippen LogP contribution in [0.3, 0.4) is 0 Å². The molecule has 0 aromatic carbocycles. The molecule has 0 spiro atoms. The van der Waals surface area contributed by atoms with Crippen LogP contribution < -0.4 is 5.32 Å². The Balaban J connectivity index is 2.95. The summed E-state index contributed by atoms with van der Waals surface area (Å²) in [6.45, 7) is 10.2. The van der Waals surface area contributed by atoms with Crippen molar-refractivity contribution in [3.63, 3.8) is 0 Å². The molecule has 5 nitrogen and oxygen atoms in total. The van der Waals surface area contributed by atoms with Crippen LogP contribution in [0.1, 0.15) is 52.9 Å². The molecule has 1 N–H and O–H groups in total. The van der Waals surface area contributed by atoms with E-state index >= 15 is 0 Å². The minimum Gasteiger partial charge on any atom is -0.499 e. The first-order valence-electron chi connectivity index (χ1n) is 8.86. The molecule has 0 bridgehead atoms. The molecule has 0 unspecified atom stereocenters. The molecule has 2 atom stereocenters. The number of carbonyl (C=O) groups excluding carboxylic acids is 2. The molecular formula is C20H30N2O3. The van der Waals surface area contributed by atoms with Gasteiger partial charge >= 0.3 is 0 Å². The van der Waals surface area contributed by atoms with Gasteiger partial charge in [-0.3, -0.25) is 9.59 Å². The lowest BCUT2D eigenvalue weighted by molar-refractivity contribution is -0.136. The fourth-order valence-corrected chi connectivity index (χ4v) is 2.98. The lowest BCUT2D eigenvalue weighted by atomic mass is 10.0. The molecule has 0 saturated heterocycles. The third-order valence-electron chi connectivity index (χ3n) is 4.13.